The quantitative estimate of drug-likeness (QED) is 0.743. The second kappa shape index (κ2) is 8.32. The molecule has 0 radical (unpaired) electrons. The highest BCUT2D eigenvalue weighted by atomic mass is 15.1. The van der Waals surface area contributed by atoms with Gasteiger partial charge in [0, 0.05) is 25.8 Å². The minimum absolute atomic E-state index is 0.768. The van der Waals surface area contributed by atoms with Crippen molar-refractivity contribution in [3.8, 4) is 0 Å². The molecule has 0 unspecified atom stereocenters. The highest BCUT2D eigenvalue weighted by Gasteiger charge is 2.30. The summed E-state index contributed by atoms with van der Waals surface area (Å²) < 4.78 is 0. The van der Waals surface area contributed by atoms with Crippen LogP contribution in [-0.4, -0.2) is 41.5 Å². The second-order valence-electron chi connectivity index (χ2n) is 8.28. The molecule has 26 heavy (non-hydrogen) atoms. The van der Waals surface area contributed by atoms with Crippen LogP contribution in [0.2, 0.25) is 0 Å². The maximum atomic E-state index is 4.43. The topological polar surface area (TPSA) is 19.4 Å². The zero-order valence-corrected chi connectivity index (χ0v) is 16.0. The molecule has 2 fully saturated rings. The Bertz CT molecular complexity index is 670. The van der Waals surface area contributed by atoms with Crippen LogP contribution in [-0.2, 0) is 13.1 Å². The summed E-state index contributed by atoms with van der Waals surface area (Å²) in [4.78, 5) is 9.43. The van der Waals surface area contributed by atoms with Gasteiger partial charge in [0.25, 0.3) is 0 Å². The van der Waals surface area contributed by atoms with Crippen LogP contribution in [0.5, 0.6) is 0 Å². The molecule has 0 atom stereocenters. The van der Waals surface area contributed by atoms with Crippen molar-refractivity contribution in [2.45, 2.75) is 44.7 Å². The molecule has 3 nitrogen and oxygen atoms in total. The zero-order valence-electron chi connectivity index (χ0n) is 16.0. The number of rotatable bonds is 7. The molecule has 0 bridgehead atoms. The predicted molar refractivity (Wildman–Crippen MR) is 107 cm³/mol. The van der Waals surface area contributed by atoms with Gasteiger partial charge in [0.1, 0.15) is 0 Å². The van der Waals surface area contributed by atoms with Gasteiger partial charge in [-0.1, -0.05) is 30.3 Å². The summed E-state index contributed by atoms with van der Waals surface area (Å²) in [5.74, 6) is 1.60. The fourth-order valence-electron chi connectivity index (χ4n) is 4.52. The molecular formula is C23H31N3. The van der Waals surface area contributed by atoms with Gasteiger partial charge in [0.05, 0.1) is 5.69 Å². The van der Waals surface area contributed by atoms with Gasteiger partial charge in [0.15, 0.2) is 0 Å². The SMILES string of the molecule is CN(Cc1ccccn1)C[C@H]1C[C@H](c2ccc(CN3CCCC3)cc2)C1. The summed E-state index contributed by atoms with van der Waals surface area (Å²) in [6, 6.07) is 15.6. The van der Waals surface area contributed by atoms with Crippen LogP contribution in [0, 0.1) is 5.92 Å². The lowest BCUT2D eigenvalue weighted by Gasteiger charge is -2.38. The molecule has 1 saturated heterocycles. The molecule has 3 heteroatoms. The van der Waals surface area contributed by atoms with E-state index in [0.29, 0.717) is 0 Å². The fraction of sp³-hybridized carbons (Fsp3) is 0.522. The molecule has 2 heterocycles. The van der Waals surface area contributed by atoms with E-state index >= 15 is 0 Å². The summed E-state index contributed by atoms with van der Waals surface area (Å²) >= 11 is 0. The molecule has 1 saturated carbocycles. The molecule has 138 valence electrons. The highest BCUT2D eigenvalue weighted by molar-refractivity contribution is 5.27. The molecule has 0 N–H and O–H groups in total. The van der Waals surface area contributed by atoms with E-state index in [1.807, 2.05) is 12.3 Å². The van der Waals surface area contributed by atoms with Gasteiger partial charge in [-0.3, -0.25) is 9.88 Å². The van der Waals surface area contributed by atoms with Gasteiger partial charge in [-0.15, -0.1) is 0 Å². The summed E-state index contributed by atoms with van der Waals surface area (Å²) in [5, 5.41) is 0. The first-order valence-electron chi connectivity index (χ1n) is 10.2. The first-order chi connectivity index (χ1) is 12.8. The van der Waals surface area contributed by atoms with Crippen LogP contribution in [0.3, 0.4) is 0 Å². The van der Waals surface area contributed by atoms with Gasteiger partial charge in [0.2, 0.25) is 0 Å². The van der Waals surface area contributed by atoms with Crippen molar-refractivity contribution in [3.05, 3.63) is 65.5 Å². The number of pyridine rings is 1. The predicted octanol–water partition coefficient (Wildman–Crippen LogP) is 4.30. The molecule has 1 aromatic heterocycles. The van der Waals surface area contributed by atoms with E-state index in [2.05, 4.69) is 58.2 Å². The summed E-state index contributed by atoms with van der Waals surface area (Å²) in [6.45, 7) is 5.81. The summed E-state index contributed by atoms with van der Waals surface area (Å²) in [5.41, 5.74) is 4.18. The lowest BCUT2D eigenvalue weighted by Crippen LogP contribution is -2.33. The van der Waals surface area contributed by atoms with Crippen molar-refractivity contribution in [1.82, 2.24) is 14.8 Å². The average Bonchev–Trinajstić information content (AvgIpc) is 3.13. The van der Waals surface area contributed by atoms with Crippen molar-refractivity contribution in [3.63, 3.8) is 0 Å². The molecule has 1 aromatic carbocycles. The molecule has 4 rings (SSSR count). The second-order valence-corrected chi connectivity index (χ2v) is 8.28. The first-order valence-corrected chi connectivity index (χ1v) is 10.2. The maximum Gasteiger partial charge on any atom is 0.0543 e. The van der Waals surface area contributed by atoms with Crippen LogP contribution >= 0.6 is 0 Å². The van der Waals surface area contributed by atoms with E-state index in [4.69, 9.17) is 0 Å². The number of aromatic nitrogens is 1. The maximum absolute atomic E-state index is 4.43. The van der Waals surface area contributed by atoms with Gasteiger partial charge >= 0.3 is 0 Å². The third-order valence-electron chi connectivity index (χ3n) is 6.02. The minimum Gasteiger partial charge on any atom is -0.300 e. The number of benzene rings is 1. The van der Waals surface area contributed by atoms with Crippen LogP contribution in [0.25, 0.3) is 0 Å². The Labute approximate surface area is 158 Å². The van der Waals surface area contributed by atoms with E-state index in [-0.39, 0.29) is 0 Å². The number of hydrogen-bond donors (Lipinski definition) is 0. The van der Waals surface area contributed by atoms with Crippen molar-refractivity contribution in [2.75, 3.05) is 26.7 Å². The molecule has 2 aliphatic rings. The smallest absolute Gasteiger partial charge is 0.0543 e. The molecule has 1 aliphatic carbocycles. The number of nitrogens with zero attached hydrogens (tertiary/aromatic N) is 3. The number of hydrogen-bond acceptors (Lipinski definition) is 3. The lowest BCUT2D eigenvalue weighted by atomic mass is 9.71. The minimum atomic E-state index is 0.768. The van der Waals surface area contributed by atoms with Crippen LogP contribution < -0.4 is 0 Å². The van der Waals surface area contributed by atoms with Crippen LogP contribution in [0.1, 0.15) is 48.4 Å². The van der Waals surface area contributed by atoms with Crippen molar-refractivity contribution < 1.29 is 0 Å². The Hall–Kier alpha value is -1.71. The molecule has 1 aliphatic heterocycles. The molecular weight excluding hydrogens is 318 g/mol. The van der Waals surface area contributed by atoms with Crippen molar-refractivity contribution >= 4 is 0 Å². The third kappa shape index (κ3) is 4.52. The van der Waals surface area contributed by atoms with E-state index in [9.17, 15) is 0 Å². The fourth-order valence-corrected chi connectivity index (χ4v) is 4.52. The number of likely N-dealkylation sites (tertiary alicyclic amines) is 1. The van der Waals surface area contributed by atoms with Gasteiger partial charge < -0.3 is 4.90 Å². The van der Waals surface area contributed by atoms with Crippen LogP contribution in [0.4, 0.5) is 0 Å². The molecule has 2 aromatic rings. The Morgan fingerprint density at radius 3 is 2.50 bits per heavy atom. The van der Waals surface area contributed by atoms with Crippen molar-refractivity contribution in [2.24, 2.45) is 5.92 Å². The third-order valence-corrected chi connectivity index (χ3v) is 6.02. The normalized spacial score (nSPS) is 23.3. The van der Waals surface area contributed by atoms with Gasteiger partial charge in [-0.05, 0) is 80.9 Å². The summed E-state index contributed by atoms with van der Waals surface area (Å²) in [7, 11) is 2.22. The van der Waals surface area contributed by atoms with Crippen molar-refractivity contribution in [1.29, 1.82) is 0 Å². The average molecular weight is 350 g/mol. The van der Waals surface area contributed by atoms with E-state index < -0.39 is 0 Å². The molecule has 0 spiro atoms. The Kier molecular flexibility index (Phi) is 5.66. The Balaban J connectivity index is 1.21. The van der Waals surface area contributed by atoms with E-state index in [1.165, 1.54) is 56.6 Å². The first kappa shape index (κ1) is 17.7. The monoisotopic (exact) mass is 349 g/mol. The van der Waals surface area contributed by atoms with Crippen LogP contribution in [0.15, 0.2) is 48.7 Å². The lowest BCUT2D eigenvalue weighted by molar-refractivity contribution is 0.175. The van der Waals surface area contributed by atoms with E-state index in [1.54, 1.807) is 5.56 Å². The highest BCUT2D eigenvalue weighted by Crippen LogP contribution is 2.42. The van der Waals surface area contributed by atoms with Gasteiger partial charge in [-0.2, -0.15) is 0 Å². The Morgan fingerprint density at radius 1 is 1.04 bits per heavy atom. The standard InChI is InChI=1S/C23H31N3/c1-25(18-23-6-2-3-11-24-23)16-20-14-22(15-20)21-9-7-19(8-10-21)17-26-12-4-5-13-26/h2-3,6-11,20,22H,4-5,12-18H2,1H3/t20-,22-. The Morgan fingerprint density at radius 2 is 1.81 bits per heavy atom. The summed E-state index contributed by atoms with van der Waals surface area (Å²) in [6.07, 6.45) is 7.29. The van der Waals surface area contributed by atoms with Gasteiger partial charge in [-0.25, -0.2) is 0 Å². The zero-order chi connectivity index (χ0) is 17.8. The molecule has 0 amide bonds. The largest absolute Gasteiger partial charge is 0.300 e. The van der Waals surface area contributed by atoms with E-state index in [0.717, 1.165) is 24.9 Å².